The fraction of sp³-hybridized carbons (Fsp3) is 0.438. The zero-order valence-corrected chi connectivity index (χ0v) is 12.8. The number of amides is 2. The van der Waals surface area contributed by atoms with E-state index in [9.17, 15) is 9.59 Å². The van der Waals surface area contributed by atoms with Gasteiger partial charge in [0.05, 0.1) is 5.71 Å². The molecule has 3 N–H and O–H groups in total. The van der Waals surface area contributed by atoms with Crippen LogP contribution in [-0.2, 0) is 9.59 Å². The number of hydrazone groups is 1. The highest BCUT2D eigenvalue weighted by atomic mass is 16.2. The van der Waals surface area contributed by atoms with Crippen molar-refractivity contribution in [3.8, 4) is 0 Å². The van der Waals surface area contributed by atoms with E-state index < -0.39 is 11.8 Å². The molecular weight excluding hydrogens is 280 g/mol. The average Bonchev–Trinajstić information content (AvgIpc) is 2.81. The van der Waals surface area contributed by atoms with E-state index >= 15 is 0 Å². The molecule has 1 fully saturated rings. The van der Waals surface area contributed by atoms with Crippen LogP contribution in [-0.4, -0.2) is 30.6 Å². The zero-order chi connectivity index (χ0) is 15.9. The largest absolute Gasteiger partial charge is 0.372 e. The molecule has 22 heavy (non-hydrogen) atoms. The Bertz CT molecular complexity index is 558. The van der Waals surface area contributed by atoms with E-state index in [2.05, 4.69) is 27.6 Å². The summed E-state index contributed by atoms with van der Waals surface area (Å²) in [4.78, 5) is 24.1. The van der Waals surface area contributed by atoms with Gasteiger partial charge in [0, 0.05) is 18.8 Å². The molecule has 0 atom stereocenters. The Morgan fingerprint density at radius 1 is 1.09 bits per heavy atom. The molecule has 1 aliphatic heterocycles. The van der Waals surface area contributed by atoms with E-state index in [4.69, 9.17) is 5.73 Å². The topological polar surface area (TPSA) is 87.8 Å². The maximum Gasteiger partial charge on any atom is 0.329 e. The lowest BCUT2D eigenvalue weighted by Crippen LogP contribution is -2.33. The molecule has 0 bridgehead atoms. The standard InChI is InChI=1S/C16H22N4O2/c1-12(18-19-16(22)15(17)21)13-6-8-14(9-7-13)20-10-4-2-3-5-11-20/h6-9H,2-5,10-11H2,1H3,(H2,17,21)(H,19,22)/b18-12-. The summed E-state index contributed by atoms with van der Waals surface area (Å²) < 4.78 is 0. The molecule has 1 heterocycles. The third-order valence-corrected chi connectivity index (χ3v) is 3.81. The normalized spacial score (nSPS) is 16.0. The van der Waals surface area contributed by atoms with Crippen LogP contribution in [0.2, 0.25) is 0 Å². The molecule has 1 aliphatic rings. The summed E-state index contributed by atoms with van der Waals surface area (Å²) in [6.45, 7) is 3.96. The van der Waals surface area contributed by atoms with Crippen LogP contribution >= 0.6 is 0 Å². The molecule has 0 saturated carbocycles. The van der Waals surface area contributed by atoms with Crippen molar-refractivity contribution in [3.05, 3.63) is 29.8 Å². The van der Waals surface area contributed by atoms with Crippen molar-refractivity contribution in [2.24, 2.45) is 10.8 Å². The minimum atomic E-state index is -1.05. The van der Waals surface area contributed by atoms with E-state index in [0.29, 0.717) is 5.71 Å². The van der Waals surface area contributed by atoms with Gasteiger partial charge >= 0.3 is 11.8 Å². The maximum absolute atomic E-state index is 11.1. The highest BCUT2D eigenvalue weighted by Crippen LogP contribution is 2.20. The van der Waals surface area contributed by atoms with Crippen molar-refractivity contribution >= 4 is 23.2 Å². The van der Waals surface area contributed by atoms with Gasteiger partial charge in [0.2, 0.25) is 0 Å². The number of nitrogens with one attached hydrogen (secondary N) is 1. The van der Waals surface area contributed by atoms with E-state index in [1.165, 1.54) is 31.4 Å². The first-order valence-electron chi connectivity index (χ1n) is 7.57. The van der Waals surface area contributed by atoms with E-state index in [0.717, 1.165) is 18.7 Å². The Hall–Kier alpha value is -2.37. The molecule has 2 amide bonds. The summed E-state index contributed by atoms with van der Waals surface area (Å²) in [7, 11) is 0. The van der Waals surface area contributed by atoms with Crippen LogP contribution in [0.3, 0.4) is 0 Å². The van der Waals surface area contributed by atoms with Gasteiger partial charge in [0.25, 0.3) is 0 Å². The average molecular weight is 302 g/mol. The van der Waals surface area contributed by atoms with E-state index in [-0.39, 0.29) is 0 Å². The van der Waals surface area contributed by atoms with Crippen molar-refractivity contribution in [1.29, 1.82) is 0 Å². The van der Waals surface area contributed by atoms with Crippen molar-refractivity contribution in [2.75, 3.05) is 18.0 Å². The van der Waals surface area contributed by atoms with Gasteiger partial charge in [-0.05, 0) is 37.5 Å². The Labute approximate surface area is 130 Å². The van der Waals surface area contributed by atoms with Crippen molar-refractivity contribution in [3.63, 3.8) is 0 Å². The van der Waals surface area contributed by atoms with Crippen LogP contribution in [0.4, 0.5) is 5.69 Å². The van der Waals surface area contributed by atoms with Crippen molar-refractivity contribution in [1.82, 2.24) is 5.43 Å². The van der Waals surface area contributed by atoms with Gasteiger partial charge in [-0.3, -0.25) is 9.59 Å². The summed E-state index contributed by atoms with van der Waals surface area (Å²) in [5.74, 6) is -1.96. The number of hydrogen-bond acceptors (Lipinski definition) is 4. The maximum atomic E-state index is 11.1. The highest BCUT2D eigenvalue weighted by Gasteiger charge is 2.10. The first-order chi connectivity index (χ1) is 10.6. The molecule has 6 nitrogen and oxygen atoms in total. The quantitative estimate of drug-likeness (QED) is 0.502. The van der Waals surface area contributed by atoms with Gasteiger partial charge in [-0.2, -0.15) is 5.10 Å². The van der Waals surface area contributed by atoms with Crippen LogP contribution in [0.1, 0.15) is 38.2 Å². The molecule has 118 valence electrons. The second kappa shape index (κ2) is 7.59. The molecule has 1 aromatic carbocycles. The zero-order valence-electron chi connectivity index (χ0n) is 12.8. The van der Waals surface area contributed by atoms with Crippen LogP contribution < -0.4 is 16.1 Å². The summed E-state index contributed by atoms with van der Waals surface area (Å²) in [6, 6.07) is 8.07. The second-order valence-electron chi connectivity index (χ2n) is 5.45. The van der Waals surface area contributed by atoms with Crippen LogP contribution in [0.5, 0.6) is 0 Å². The molecular formula is C16H22N4O2. The molecule has 6 heteroatoms. The van der Waals surface area contributed by atoms with Crippen LogP contribution in [0.25, 0.3) is 0 Å². The number of carbonyl (C=O) groups excluding carboxylic acids is 2. The SMILES string of the molecule is C/C(=N/NC(=O)C(N)=O)c1ccc(N2CCCCCC2)cc1. The van der Waals surface area contributed by atoms with Crippen molar-refractivity contribution in [2.45, 2.75) is 32.6 Å². The third-order valence-electron chi connectivity index (χ3n) is 3.81. The fourth-order valence-corrected chi connectivity index (χ4v) is 2.50. The lowest BCUT2D eigenvalue weighted by atomic mass is 10.1. The van der Waals surface area contributed by atoms with Crippen LogP contribution in [0.15, 0.2) is 29.4 Å². The Kier molecular flexibility index (Phi) is 5.52. The Morgan fingerprint density at radius 2 is 1.68 bits per heavy atom. The number of primary amides is 1. The fourth-order valence-electron chi connectivity index (χ4n) is 2.50. The molecule has 0 aromatic heterocycles. The third kappa shape index (κ3) is 4.31. The molecule has 0 spiro atoms. The number of carbonyl (C=O) groups is 2. The van der Waals surface area contributed by atoms with Crippen molar-refractivity contribution < 1.29 is 9.59 Å². The van der Waals surface area contributed by atoms with Gasteiger partial charge in [0.15, 0.2) is 0 Å². The molecule has 1 saturated heterocycles. The van der Waals surface area contributed by atoms with Crippen LogP contribution in [0, 0.1) is 0 Å². The number of anilines is 1. The number of benzene rings is 1. The van der Waals surface area contributed by atoms with Gasteiger partial charge in [-0.25, -0.2) is 5.43 Å². The minimum absolute atomic E-state index is 0.622. The van der Waals surface area contributed by atoms with Gasteiger partial charge in [-0.15, -0.1) is 0 Å². The molecule has 0 unspecified atom stereocenters. The number of hydrogen-bond donors (Lipinski definition) is 2. The minimum Gasteiger partial charge on any atom is -0.372 e. The van der Waals surface area contributed by atoms with E-state index in [1.54, 1.807) is 6.92 Å². The van der Waals surface area contributed by atoms with Gasteiger partial charge in [-0.1, -0.05) is 25.0 Å². The number of nitrogens with two attached hydrogens (primary N) is 1. The number of nitrogens with zero attached hydrogens (tertiary/aromatic N) is 2. The van der Waals surface area contributed by atoms with Gasteiger partial charge in [0.1, 0.15) is 0 Å². The Balaban J connectivity index is 2.02. The van der Waals surface area contributed by atoms with E-state index in [1.807, 2.05) is 12.1 Å². The smallest absolute Gasteiger partial charge is 0.329 e. The van der Waals surface area contributed by atoms with Gasteiger partial charge < -0.3 is 10.6 Å². The summed E-state index contributed by atoms with van der Waals surface area (Å²) >= 11 is 0. The summed E-state index contributed by atoms with van der Waals surface area (Å²) in [5, 5.41) is 3.88. The summed E-state index contributed by atoms with van der Waals surface area (Å²) in [5.41, 5.74) is 9.70. The predicted molar refractivity (Wildman–Crippen MR) is 86.7 cm³/mol. The monoisotopic (exact) mass is 302 g/mol. The first kappa shape index (κ1) is 16.0. The predicted octanol–water partition coefficient (Wildman–Crippen LogP) is 1.39. The highest BCUT2D eigenvalue weighted by molar-refractivity contribution is 6.34. The molecule has 1 aromatic rings. The molecule has 2 rings (SSSR count). The lowest BCUT2D eigenvalue weighted by molar-refractivity contribution is -0.137. The number of rotatable bonds is 3. The summed E-state index contributed by atoms with van der Waals surface area (Å²) in [6.07, 6.45) is 5.09. The first-order valence-corrected chi connectivity index (χ1v) is 7.57. The molecule has 0 aliphatic carbocycles. The molecule has 0 radical (unpaired) electrons. The lowest BCUT2D eigenvalue weighted by Gasteiger charge is -2.22. The Morgan fingerprint density at radius 3 is 2.23 bits per heavy atom. The second-order valence-corrected chi connectivity index (χ2v) is 5.45.